The van der Waals surface area contributed by atoms with E-state index in [1.807, 2.05) is 13.0 Å². The Bertz CT molecular complexity index is 486. The standard InChI is InChI=1S/C13H16F2N4/c1-9-8-12(19-11(17-9)4-7-16)18-10-2-5-13(14,15)6-3-10/h8,10H,2-6H2,1H3,(H,17,18,19). The van der Waals surface area contributed by atoms with Crippen molar-refractivity contribution in [2.24, 2.45) is 0 Å². The lowest BCUT2D eigenvalue weighted by molar-refractivity contribution is -0.0361. The Labute approximate surface area is 110 Å². The van der Waals surface area contributed by atoms with Gasteiger partial charge in [-0.15, -0.1) is 0 Å². The van der Waals surface area contributed by atoms with E-state index in [1.54, 1.807) is 6.07 Å². The fourth-order valence-electron chi connectivity index (χ4n) is 2.25. The lowest BCUT2D eigenvalue weighted by atomic mass is 9.92. The smallest absolute Gasteiger partial charge is 0.248 e. The van der Waals surface area contributed by atoms with E-state index in [-0.39, 0.29) is 25.3 Å². The minimum absolute atomic E-state index is 0.0175. The van der Waals surface area contributed by atoms with Crippen LogP contribution in [0.15, 0.2) is 6.07 Å². The zero-order chi connectivity index (χ0) is 13.9. The van der Waals surface area contributed by atoms with Gasteiger partial charge < -0.3 is 5.32 Å². The maximum absolute atomic E-state index is 13.1. The molecule has 0 aliphatic heterocycles. The topological polar surface area (TPSA) is 61.6 Å². The first kappa shape index (κ1) is 13.7. The van der Waals surface area contributed by atoms with Crippen LogP contribution >= 0.6 is 0 Å². The Morgan fingerprint density at radius 1 is 1.42 bits per heavy atom. The van der Waals surface area contributed by atoms with Crippen molar-refractivity contribution in [2.75, 3.05) is 5.32 Å². The van der Waals surface area contributed by atoms with Crippen molar-refractivity contribution >= 4 is 5.82 Å². The van der Waals surface area contributed by atoms with Gasteiger partial charge in [-0.3, -0.25) is 0 Å². The second-order valence-corrected chi connectivity index (χ2v) is 4.92. The average molecular weight is 266 g/mol. The molecule has 1 aliphatic carbocycles. The van der Waals surface area contributed by atoms with E-state index in [9.17, 15) is 8.78 Å². The third-order valence-electron chi connectivity index (χ3n) is 3.21. The van der Waals surface area contributed by atoms with Gasteiger partial charge in [0.05, 0.1) is 12.5 Å². The first-order chi connectivity index (χ1) is 8.98. The highest BCUT2D eigenvalue weighted by molar-refractivity contribution is 5.37. The van der Waals surface area contributed by atoms with Gasteiger partial charge in [-0.25, -0.2) is 18.7 Å². The first-order valence-electron chi connectivity index (χ1n) is 6.34. The lowest BCUT2D eigenvalue weighted by Crippen LogP contribution is -2.32. The van der Waals surface area contributed by atoms with Crippen molar-refractivity contribution in [1.29, 1.82) is 5.26 Å². The molecule has 1 saturated carbocycles. The Balaban J connectivity index is 2.02. The second kappa shape index (κ2) is 5.47. The van der Waals surface area contributed by atoms with Crippen LogP contribution in [0.3, 0.4) is 0 Å². The summed E-state index contributed by atoms with van der Waals surface area (Å²) in [5.74, 6) is -1.44. The Morgan fingerprint density at radius 3 is 2.74 bits per heavy atom. The molecule has 1 aliphatic rings. The van der Waals surface area contributed by atoms with Crippen molar-refractivity contribution in [3.8, 4) is 6.07 Å². The molecular weight excluding hydrogens is 250 g/mol. The summed E-state index contributed by atoms with van der Waals surface area (Å²) in [4.78, 5) is 8.37. The van der Waals surface area contributed by atoms with Crippen LogP contribution in [0, 0.1) is 18.3 Å². The van der Waals surface area contributed by atoms with E-state index in [0.29, 0.717) is 24.5 Å². The van der Waals surface area contributed by atoms with E-state index in [0.717, 1.165) is 5.69 Å². The number of hydrogen-bond donors (Lipinski definition) is 1. The minimum atomic E-state index is -2.52. The summed E-state index contributed by atoms with van der Waals surface area (Å²) in [6.45, 7) is 1.82. The minimum Gasteiger partial charge on any atom is -0.367 e. The number of nitriles is 1. The summed E-state index contributed by atoms with van der Waals surface area (Å²) in [6.07, 6.45) is 0.853. The maximum Gasteiger partial charge on any atom is 0.248 e. The van der Waals surface area contributed by atoms with Crippen LogP contribution < -0.4 is 5.32 Å². The summed E-state index contributed by atoms with van der Waals surface area (Å²) in [7, 11) is 0. The van der Waals surface area contributed by atoms with Crippen LogP contribution in [-0.4, -0.2) is 21.9 Å². The number of hydrogen-bond acceptors (Lipinski definition) is 4. The van der Waals surface area contributed by atoms with Crippen molar-refractivity contribution in [1.82, 2.24) is 9.97 Å². The van der Waals surface area contributed by atoms with Gasteiger partial charge in [0.2, 0.25) is 5.92 Å². The molecule has 0 bridgehead atoms. The zero-order valence-corrected chi connectivity index (χ0v) is 10.8. The summed E-state index contributed by atoms with van der Waals surface area (Å²) < 4.78 is 26.1. The molecule has 2 rings (SSSR count). The van der Waals surface area contributed by atoms with Gasteiger partial charge in [0.1, 0.15) is 11.6 Å². The molecule has 1 N–H and O–H groups in total. The first-order valence-corrected chi connectivity index (χ1v) is 6.34. The summed E-state index contributed by atoms with van der Waals surface area (Å²) in [5, 5.41) is 11.8. The fourth-order valence-corrected chi connectivity index (χ4v) is 2.25. The van der Waals surface area contributed by atoms with Gasteiger partial charge in [0.15, 0.2) is 0 Å². The molecule has 0 amide bonds. The molecule has 0 atom stereocenters. The number of alkyl halides is 2. The van der Waals surface area contributed by atoms with Gasteiger partial charge in [-0.2, -0.15) is 5.26 Å². The van der Waals surface area contributed by atoms with E-state index >= 15 is 0 Å². The van der Waals surface area contributed by atoms with Crippen LogP contribution in [-0.2, 0) is 6.42 Å². The quantitative estimate of drug-likeness (QED) is 0.913. The molecule has 1 heterocycles. The Morgan fingerprint density at radius 2 is 2.11 bits per heavy atom. The van der Waals surface area contributed by atoms with Crippen molar-refractivity contribution in [3.63, 3.8) is 0 Å². The molecule has 0 radical (unpaired) electrons. The number of rotatable bonds is 3. The number of nitrogens with zero attached hydrogens (tertiary/aromatic N) is 3. The molecule has 102 valence electrons. The SMILES string of the molecule is Cc1cc(NC2CCC(F)(F)CC2)nc(CC#N)n1. The predicted octanol–water partition coefficient (Wildman–Crippen LogP) is 2.84. The van der Waals surface area contributed by atoms with Crippen LogP contribution in [0.5, 0.6) is 0 Å². The summed E-state index contributed by atoms with van der Waals surface area (Å²) in [5.41, 5.74) is 0.767. The van der Waals surface area contributed by atoms with E-state index in [4.69, 9.17) is 5.26 Å². The highest BCUT2D eigenvalue weighted by atomic mass is 19.3. The van der Waals surface area contributed by atoms with Gasteiger partial charge in [0, 0.05) is 30.6 Å². The molecule has 0 unspecified atom stereocenters. The van der Waals surface area contributed by atoms with Gasteiger partial charge in [0.25, 0.3) is 0 Å². The highest BCUT2D eigenvalue weighted by Crippen LogP contribution is 2.34. The molecule has 1 fully saturated rings. The van der Waals surface area contributed by atoms with Crippen molar-refractivity contribution in [3.05, 3.63) is 17.6 Å². The Kier molecular flexibility index (Phi) is 3.93. The number of anilines is 1. The lowest BCUT2D eigenvalue weighted by Gasteiger charge is -2.29. The molecule has 19 heavy (non-hydrogen) atoms. The monoisotopic (exact) mass is 266 g/mol. The van der Waals surface area contributed by atoms with Gasteiger partial charge >= 0.3 is 0 Å². The van der Waals surface area contributed by atoms with Gasteiger partial charge in [-0.05, 0) is 19.8 Å². The van der Waals surface area contributed by atoms with E-state index in [1.165, 1.54) is 0 Å². The molecule has 4 nitrogen and oxygen atoms in total. The maximum atomic E-state index is 13.1. The number of aryl methyl sites for hydroxylation is 1. The average Bonchev–Trinajstić information content (AvgIpc) is 2.32. The normalized spacial score (nSPS) is 18.8. The third-order valence-corrected chi connectivity index (χ3v) is 3.21. The van der Waals surface area contributed by atoms with Crippen molar-refractivity contribution in [2.45, 2.75) is 51.0 Å². The Hall–Kier alpha value is -1.77. The third kappa shape index (κ3) is 3.85. The number of aromatic nitrogens is 2. The molecule has 0 saturated heterocycles. The summed E-state index contributed by atoms with van der Waals surface area (Å²) >= 11 is 0. The van der Waals surface area contributed by atoms with Crippen molar-refractivity contribution < 1.29 is 8.78 Å². The predicted molar refractivity (Wildman–Crippen MR) is 66.9 cm³/mol. The molecule has 1 aromatic rings. The second-order valence-electron chi connectivity index (χ2n) is 4.92. The van der Waals surface area contributed by atoms with Gasteiger partial charge in [-0.1, -0.05) is 0 Å². The van der Waals surface area contributed by atoms with Crippen LogP contribution in [0.25, 0.3) is 0 Å². The van der Waals surface area contributed by atoms with Crippen LogP contribution in [0.1, 0.15) is 37.2 Å². The van der Waals surface area contributed by atoms with E-state index < -0.39 is 5.92 Å². The largest absolute Gasteiger partial charge is 0.367 e. The summed E-state index contributed by atoms with van der Waals surface area (Å²) in [6, 6.07) is 3.79. The molecular formula is C13H16F2N4. The molecule has 0 aromatic carbocycles. The molecule has 0 spiro atoms. The highest BCUT2D eigenvalue weighted by Gasteiger charge is 2.34. The number of halogens is 2. The van der Waals surface area contributed by atoms with Crippen LogP contribution in [0.2, 0.25) is 0 Å². The molecule has 1 aromatic heterocycles. The zero-order valence-electron chi connectivity index (χ0n) is 10.8. The van der Waals surface area contributed by atoms with E-state index in [2.05, 4.69) is 15.3 Å². The van der Waals surface area contributed by atoms with Crippen LogP contribution in [0.4, 0.5) is 14.6 Å². The molecule has 6 heteroatoms. The number of nitrogens with one attached hydrogen (secondary N) is 1. The fraction of sp³-hybridized carbons (Fsp3) is 0.615.